The lowest BCUT2D eigenvalue weighted by Crippen LogP contribution is -2.33. The zero-order valence-electron chi connectivity index (χ0n) is 17.1. The molecule has 1 aromatic heterocycles. The fourth-order valence-electron chi connectivity index (χ4n) is 3.35. The lowest BCUT2D eigenvalue weighted by molar-refractivity contribution is -0.137. The van der Waals surface area contributed by atoms with Gasteiger partial charge in [0.15, 0.2) is 0 Å². The van der Waals surface area contributed by atoms with Crippen molar-refractivity contribution in [3.05, 3.63) is 65.0 Å². The number of hydrogen-bond donors (Lipinski definition) is 3. The minimum atomic E-state index is -4.66. The van der Waals surface area contributed by atoms with Gasteiger partial charge in [-0.3, -0.25) is 0 Å². The van der Waals surface area contributed by atoms with Gasteiger partial charge in [0.25, 0.3) is 0 Å². The molecule has 1 aliphatic heterocycles. The van der Waals surface area contributed by atoms with Crippen molar-refractivity contribution < 1.29 is 32.2 Å². The number of aliphatic hydroxyl groups is 1. The van der Waals surface area contributed by atoms with Crippen molar-refractivity contribution >= 4 is 28.7 Å². The predicted octanol–water partition coefficient (Wildman–Crippen LogP) is 5.61. The largest absolute Gasteiger partial charge is 0.416 e. The number of carbonyl (C=O) groups excluding carboxylic acids is 1. The Bertz CT molecular complexity index is 1140. The van der Waals surface area contributed by atoms with Gasteiger partial charge in [-0.05, 0) is 35.9 Å². The van der Waals surface area contributed by atoms with E-state index in [2.05, 4.69) is 15.6 Å². The monoisotopic (exact) mass is 481 g/mol. The molecule has 3 N–H and O–H groups in total. The van der Waals surface area contributed by atoms with Crippen LogP contribution in [0.1, 0.15) is 23.4 Å². The minimum Gasteiger partial charge on any atom is -0.382 e. The first-order valence-electron chi connectivity index (χ1n) is 9.96. The smallest absolute Gasteiger partial charge is 0.382 e. The zero-order chi connectivity index (χ0) is 23.6. The molecule has 1 aliphatic rings. The average Bonchev–Trinajstić information content (AvgIpc) is 3.27. The summed E-state index contributed by atoms with van der Waals surface area (Å²) in [6, 6.07) is 7.54. The molecular weight excluding hydrogens is 462 g/mol. The molecule has 1 fully saturated rings. The summed E-state index contributed by atoms with van der Waals surface area (Å²) in [5, 5.41) is 15.9. The third-order valence-corrected chi connectivity index (χ3v) is 6.43. The Morgan fingerprint density at radius 1 is 1.09 bits per heavy atom. The van der Waals surface area contributed by atoms with E-state index in [0.717, 1.165) is 10.4 Å². The highest BCUT2D eigenvalue weighted by atomic mass is 32.1. The third-order valence-electron chi connectivity index (χ3n) is 5.19. The number of nitrogens with one attached hydrogen (secondary N) is 2. The fourth-order valence-corrected chi connectivity index (χ4v) is 4.41. The number of rotatable bonds is 4. The maximum absolute atomic E-state index is 13.8. The van der Waals surface area contributed by atoms with E-state index in [4.69, 9.17) is 4.74 Å². The first-order valence-corrected chi connectivity index (χ1v) is 10.8. The van der Waals surface area contributed by atoms with Gasteiger partial charge < -0.3 is 20.5 Å². The second-order valence-electron chi connectivity index (χ2n) is 7.52. The summed E-state index contributed by atoms with van der Waals surface area (Å²) in [7, 11) is 0. The molecule has 0 saturated carbocycles. The molecule has 2 amide bonds. The fraction of sp³-hybridized carbons (Fsp3) is 0.273. The second kappa shape index (κ2) is 9.08. The van der Waals surface area contributed by atoms with E-state index in [1.54, 1.807) is 30.5 Å². The van der Waals surface area contributed by atoms with Crippen LogP contribution in [0.25, 0.3) is 10.4 Å². The van der Waals surface area contributed by atoms with Gasteiger partial charge in [-0.2, -0.15) is 13.2 Å². The molecule has 174 valence electrons. The van der Waals surface area contributed by atoms with Crippen LogP contribution in [0, 0.1) is 5.82 Å². The number of aromatic nitrogens is 1. The number of halogens is 4. The summed E-state index contributed by atoms with van der Waals surface area (Å²) in [5.74, 6) is -0.985. The van der Waals surface area contributed by atoms with Crippen molar-refractivity contribution in [3.8, 4) is 10.4 Å². The number of hydrogen-bond acceptors (Lipinski definition) is 5. The molecule has 0 atom stereocenters. The molecule has 2 heterocycles. The molecule has 2 aromatic carbocycles. The number of nitrogens with zero attached hydrogens (tertiary/aromatic N) is 1. The molecule has 0 unspecified atom stereocenters. The van der Waals surface area contributed by atoms with Crippen LogP contribution in [0.3, 0.4) is 0 Å². The molecule has 6 nitrogen and oxygen atoms in total. The summed E-state index contributed by atoms with van der Waals surface area (Å²) in [6.45, 7) is 0.941. The quantitative estimate of drug-likeness (QED) is 0.423. The van der Waals surface area contributed by atoms with Crippen LogP contribution in [-0.2, 0) is 16.5 Å². The number of ether oxygens (including phenoxy) is 1. The van der Waals surface area contributed by atoms with Gasteiger partial charge in [-0.25, -0.2) is 14.2 Å². The van der Waals surface area contributed by atoms with Crippen molar-refractivity contribution in [2.45, 2.75) is 24.6 Å². The van der Waals surface area contributed by atoms with Crippen LogP contribution in [0.15, 0.2) is 48.7 Å². The van der Waals surface area contributed by atoms with Gasteiger partial charge in [0, 0.05) is 37.9 Å². The highest BCUT2D eigenvalue weighted by molar-refractivity contribution is 7.15. The molecule has 0 aliphatic carbocycles. The summed E-state index contributed by atoms with van der Waals surface area (Å²) in [6.07, 6.45) is -2.04. The van der Waals surface area contributed by atoms with Gasteiger partial charge >= 0.3 is 12.2 Å². The Kier molecular flexibility index (Phi) is 6.37. The Balaban J connectivity index is 1.42. The maximum Gasteiger partial charge on any atom is 0.416 e. The highest BCUT2D eigenvalue weighted by Crippen LogP contribution is 2.38. The maximum atomic E-state index is 13.8. The first kappa shape index (κ1) is 23.1. The summed E-state index contributed by atoms with van der Waals surface area (Å²) < 4.78 is 57.6. The number of benzene rings is 2. The summed E-state index contributed by atoms with van der Waals surface area (Å²) >= 11 is 1.37. The SMILES string of the molecule is O=C(Nc1ccc(-c2cnc(C3(O)CCOCC3)s2)cc1)Nc1cc(C(F)(F)F)ccc1F. The highest BCUT2D eigenvalue weighted by Gasteiger charge is 2.35. The van der Waals surface area contributed by atoms with Crippen LogP contribution in [0.5, 0.6) is 0 Å². The van der Waals surface area contributed by atoms with Crippen molar-refractivity contribution in [1.82, 2.24) is 4.98 Å². The van der Waals surface area contributed by atoms with Crippen molar-refractivity contribution in [2.24, 2.45) is 0 Å². The topological polar surface area (TPSA) is 83.5 Å². The molecule has 0 bridgehead atoms. The van der Waals surface area contributed by atoms with Gasteiger partial charge in [0.05, 0.1) is 16.1 Å². The van der Waals surface area contributed by atoms with E-state index in [1.165, 1.54) is 11.3 Å². The molecule has 3 aromatic rings. The molecule has 0 radical (unpaired) electrons. The lowest BCUT2D eigenvalue weighted by atomic mass is 9.95. The Morgan fingerprint density at radius 3 is 2.45 bits per heavy atom. The molecular formula is C22H19F4N3O3S. The van der Waals surface area contributed by atoms with E-state index in [-0.39, 0.29) is 0 Å². The number of alkyl halides is 3. The number of carbonyl (C=O) groups is 1. The standard InChI is InChI=1S/C22H19F4N3O3S/c23-16-6-3-14(22(24,25)26)11-17(16)29-20(30)28-15-4-1-13(2-5-15)18-12-27-19(33-18)21(31)7-9-32-10-8-21/h1-6,11-12,31H,7-10H2,(H2,28,29,30). The van der Waals surface area contributed by atoms with Crippen LogP contribution in [0.4, 0.5) is 33.7 Å². The minimum absolute atomic E-state index is 0.358. The van der Waals surface area contributed by atoms with Crippen LogP contribution in [-0.4, -0.2) is 29.3 Å². The van der Waals surface area contributed by atoms with Crippen molar-refractivity contribution in [2.75, 3.05) is 23.8 Å². The molecule has 33 heavy (non-hydrogen) atoms. The second-order valence-corrected chi connectivity index (χ2v) is 8.55. The molecule has 11 heteroatoms. The van der Waals surface area contributed by atoms with E-state index < -0.39 is 34.9 Å². The Hall–Kier alpha value is -3.02. The number of urea groups is 1. The van der Waals surface area contributed by atoms with E-state index in [1.807, 2.05) is 0 Å². The molecule has 0 spiro atoms. The Morgan fingerprint density at radius 2 is 1.79 bits per heavy atom. The molecule has 1 saturated heterocycles. The van der Waals surface area contributed by atoms with E-state index in [0.29, 0.717) is 54.9 Å². The lowest BCUT2D eigenvalue weighted by Gasteiger charge is -2.29. The number of thiazole rings is 1. The summed E-state index contributed by atoms with van der Waals surface area (Å²) in [4.78, 5) is 17.3. The van der Waals surface area contributed by atoms with Crippen LogP contribution in [0.2, 0.25) is 0 Å². The molecule has 4 rings (SSSR count). The third kappa shape index (κ3) is 5.32. The van der Waals surface area contributed by atoms with Gasteiger partial charge in [-0.15, -0.1) is 11.3 Å². The van der Waals surface area contributed by atoms with Gasteiger partial charge in [0.2, 0.25) is 0 Å². The predicted molar refractivity (Wildman–Crippen MR) is 116 cm³/mol. The van der Waals surface area contributed by atoms with Crippen molar-refractivity contribution in [3.63, 3.8) is 0 Å². The summed E-state index contributed by atoms with van der Waals surface area (Å²) in [5.41, 5.74) is -1.49. The van der Waals surface area contributed by atoms with Crippen LogP contribution >= 0.6 is 11.3 Å². The van der Waals surface area contributed by atoms with Crippen LogP contribution < -0.4 is 10.6 Å². The van der Waals surface area contributed by atoms with Gasteiger partial charge in [-0.1, -0.05) is 12.1 Å². The average molecular weight is 481 g/mol. The normalized spacial score (nSPS) is 15.8. The van der Waals surface area contributed by atoms with Crippen molar-refractivity contribution in [1.29, 1.82) is 0 Å². The first-order chi connectivity index (χ1) is 15.6. The zero-order valence-corrected chi connectivity index (χ0v) is 17.9. The Labute approximate surface area is 190 Å². The number of anilines is 2. The number of amides is 2. The van der Waals surface area contributed by atoms with E-state index >= 15 is 0 Å². The van der Waals surface area contributed by atoms with Gasteiger partial charge in [0.1, 0.15) is 16.4 Å². The van der Waals surface area contributed by atoms with E-state index in [9.17, 15) is 27.5 Å².